The quantitative estimate of drug-likeness (QED) is 0.223. The molecule has 3 rings (SSSR count). The summed E-state index contributed by atoms with van der Waals surface area (Å²) in [5.74, 6) is -2.09. The molecule has 2 aliphatic heterocycles. The van der Waals surface area contributed by atoms with Crippen molar-refractivity contribution in [3.8, 4) is 0 Å². The predicted octanol–water partition coefficient (Wildman–Crippen LogP) is 5.09. The Morgan fingerprint density at radius 3 is 2.54 bits per heavy atom. The lowest BCUT2D eigenvalue weighted by Gasteiger charge is -2.49. The van der Waals surface area contributed by atoms with Gasteiger partial charge in [0.05, 0.1) is 34.1 Å². The number of esters is 1. The van der Waals surface area contributed by atoms with Crippen LogP contribution in [0.1, 0.15) is 52.1 Å². The number of rotatable bonds is 12. The van der Waals surface area contributed by atoms with Gasteiger partial charge in [0.15, 0.2) is 8.32 Å². The largest absolute Gasteiger partial charge is 0.477 e. The van der Waals surface area contributed by atoms with Gasteiger partial charge in [0.2, 0.25) is 5.91 Å². The number of carboxylic acids is 1. The molecule has 1 aromatic rings. The van der Waals surface area contributed by atoms with Gasteiger partial charge in [0, 0.05) is 17.7 Å². The number of carboxylic acid groups (broad SMARTS) is 1. The second-order valence-electron chi connectivity index (χ2n) is 8.96. The monoisotopic (exact) mass is 538 g/mol. The molecule has 0 unspecified atom stereocenters. The molecule has 0 aromatic carbocycles. The van der Waals surface area contributed by atoms with Crippen molar-refractivity contribution >= 4 is 55.3 Å². The van der Waals surface area contributed by atoms with E-state index in [-0.39, 0.29) is 48.2 Å². The summed E-state index contributed by atoms with van der Waals surface area (Å²) in [5.41, 5.74) is 2.39. The maximum absolute atomic E-state index is 13.2. The minimum absolute atomic E-state index is 0.0695. The summed E-state index contributed by atoms with van der Waals surface area (Å²) in [7, 11) is -1.90. The summed E-state index contributed by atoms with van der Waals surface area (Å²) in [6, 6.07) is 2.78. The number of nitrogens with zero attached hydrogens (tertiary/aromatic N) is 2. The van der Waals surface area contributed by atoms with E-state index >= 15 is 0 Å². The van der Waals surface area contributed by atoms with Crippen LogP contribution in [0, 0.1) is 11.8 Å². The van der Waals surface area contributed by atoms with Crippen molar-refractivity contribution < 1.29 is 28.7 Å². The summed E-state index contributed by atoms with van der Waals surface area (Å²) in [6.45, 7) is 11.9. The summed E-state index contributed by atoms with van der Waals surface area (Å²) in [4.78, 5) is 43.6. The molecule has 192 valence electrons. The Balaban J connectivity index is 1.77. The Morgan fingerprint density at radius 1 is 1.31 bits per heavy atom. The molecule has 1 fully saturated rings. The maximum atomic E-state index is 13.2. The number of thioether (sulfide) groups is 1. The molecule has 2 aliphatic rings. The lowest BCUT2D eigenvalue weighted by atomic mass is 9.79. The van der Waals surface area contributed by atoms with Crippen LogP contribution >= 0.6 is 23.1 Å². The number of carbonyl (C=O) groups excluding carboxylic acids is 2. The molecule has 0 bridgehead atoms. The molecule has 0 aliphatic carbocycles. The highest BCUT2D eigenvalue weighted by atomic mass is 32.2. The molecular formula is C24H34N2O6S2Si. The number of β-lactam (4-membered cyclic amide) rings is 1. The van der Waals surface area contributed by atoms with Gasteiger partial charge in [-0.25, -0.2) is 9.78 Å². The van der Waals surface area contributed by atoms with Gasteiger partial charge in [-0.3, -0.25) is 9.59 Å². The smallest absolute Gasteiger partial charge is 0.353 e. The fraction of sp³-hybridized carbons (Fsp3) is 0.583. The van der Waals surface area contributed by atoms with Crippen LogP contribution in [-0.4, -0.2) is 53.3 Å². The number of aliphatic carboxylic acids is 1. The third-order valence-corrected chi connectivity index (χ3v) is 13.8. The van der Waals surface area contributed by atoms with E-state index in [0.717, 1.165) is 23.0 Å². The van der Waals surface area contributed by atoms with Crippen molar-refractivity contribution in [1.29, 1.82) is 0 Å². The SMILES string of the molecule is CC[Si](CC)(CC)O[C@H](C)[C@H]1C(=O)N2C(C(=O)O)=C(S/C=C\c3scnc3COC(C)=O)[C@H](C)[C@H]12. The van der Waals surface area contributed by atoms with Crippen LogP contribution in [0.5, 0.6) is 0 Å². The zero-order valence-corrected chi connectivity index (χ0v) is 23.7. The molecule has 0 saturated carbocycles. The van der Waals surface area contributed by atoms with Crippen molar-refractivity contribution in [2.24, 2.45) is 11.8 Å². The molecule has 1 aromatic heterocycles. The van der Waals surface area contributed by atoms with Crippen LogP contribution in [-0.2, 0) is 30.2 Å². The van der Waals surface area contributed by atoms with Crippen molar-refractivity contribution in [2.45, 2.75) is 78.4 Å². The number of aromatic nitrogens is 1. The highest BCUT2D eigenvalue weighted by Crippen LogP contribution is 2.51. The van der Waals surface area contributed by atoms with E-state index in [2.05, 4.69) is 25.8 Å². The third kappa shape index (κ3) is 5.42. The standard InChI is InChI=1S/C24H34N2O6S2Si/c1-7-35(8-2,9-3)32-15(5)19-20-14(4)22(21(24(29)30)26(20)23(19)28)33-11-10-18-17(25-13-34-18)12-31-16(6)27/h10-11,13-15,19-20H,7-9,12H2,1-6H3,(H,29,30)/b11-10-/t14-,15-,19-,20-/m1/s1. The first-order valence-electron chi connectivity index (χ1n) is 12.0. The second kappa shape index (κ2) is 11.4. The van der Waals surface area contributed by atoms with E-state index in [9.17, 15) is 19.5 Å². The zero-order chi connectivity index (χ0) is 25.9. The van der Waals surface area contributed by atoms with Crippen LogP contribution in [0.2, 0.25) is 18.1 Å². The number of ether oxygens (including phenoxy) is 1. The molecule has 4 atom stereocenters. The minimum Gasteiger partial charge on any atom is -0.477 e. The van der Waals surface area contributed by atoms with Gasteiger partial charge >= 0.3 is 11.9 Å². The number of thiazole rings is 1. The Labute approximate surface area is 215 Å². The predicted molar refractivity (Wildman–Crippen MR) is 140 cm³/mol. The van der Waals surface area contributed by atoms with Crippen LogP contribution in [0.15, 0.2) is 21.5 Å². The molecule has 1 N–H and O–H groups in total. The van der Waals surface area contributed by atoms with E-state index in [1.807, 2.05) is 25.3 Å². The number of carbonyl (C=O) groups is 3. The number of hydrogen-bond donors (Lipinski definition) is 1. The van der Waals surface area contributed by atoms with Crippen LogP contribution in [0.4, 0.5) is 0 Å². The third-order valence-electron chi connectivity index (χ3n) is 7.17. The fourth-order valence-electron chi connectivity index (χ4n) is 4.99. The van der Waals surface area contributed by atoms with Gasteiger partial charge < -0.3 is 19.2 Å². The Morgan fingerprint density at radius 2 is 1.97 bits per heavy atom. The van der Waals surface area contributed by atoms with Gasteiger partial charge in [-0.1, -0.05) is 39.5 Å². The zero-order valence-electron chi connectivity index (χ0n) is 21.1. The first-order chi connectivity index (χ1) is 16.6. The number of amides is 1. The van der Waals surface area contributed by atoms with E-state index in [0.29, 0.717) is 10.6 Å². The highest BCUT2D eigenvalue weighted by Gasteiger charge is 2.60. The summed E-state index contributed by atoms with van der Waals surface area (Å²) in [6.07, 6.45) is 1.60. The Hall–Kier alpha value is -1.95. The average molecular weight is 539 g/mol. The van der Waals surface area contributed by atoms with Crippen molar-refractivity contribution in [3.63, 3.8) is 0 Å². The topological polar surface area (TPSA) is 106 Å². The minimum atomic E-state index is -1.90. The van der Waals surface area contributed by atoms with Crippen LogP contribution in [0.25, 0.3) is 6.08 Å². The average Bonchev–Trinajstić information content (AvgIpc) is 3.36. The first kappa shape index (κ1) is 27.6. The number of fused-ring (bicyclic) bond motifs is 1. The van der Waals surface area contributed by atoms with E-state index in [1.165, 1.54) is 34.9 Å². The van der Waals surface area contributed by atoms with Gasteiger partial charge in [0.25, 0.3) is 0 Å². The maximum Gasteiger partial charge on any atom is 0.353 e. The highest BCUT2D eigenvalue weighted by molar-refractivity contribution is 8.06. The molecular weight excluding hydrogens is 504 g/mol. The molecule has 1 amide bonds. The van der Waals surface area contributed by atoms with Crippen molar-refractivity contribution in [2.75, 3.05) is 0 Å². The van der Waals surface area contributed by atoms with Gasteiger partial charge in [-0.15, -0.1) is 11.3 Å². The molecule has 1 saturated heterocycles. The van der Waals surface area contributed by atoms with Crippen LogP contribution in [0.3, 0.4) is 0 Å². The van der Waals surface area contributed by atoms with E-state index in [4.69, 9.17) is 9.16 Å². The fourth-order valence-corrected chi connectivity index (χ4v) is 9.71. The molecule has 0 radical (unpaired) electrons. The summed E-state index contributed by atoms with van der Waals surface area (Å²) >= 11 is 2.72. The summed E-state index contributed by atoms with van der Waals surface area (Å²) in [5, 5.41) is 11.8. The number of hydrogen-bond acceptors (Lipinski definition) is 8. The molecule has 35 heavy (non-hydrogen) atoms. The lowest BCUT2D eigenvalue weighted by molar-refractivity contribution is -0.162. The Kier molecular flexibility index (Phi) is 9.00. The van der Waals surface area contributed by atoms with Gasteiger partial charge in [-0.2, -0.15) is 0 Å². The normalized spacial score (nSPS) is 23.0. The van der Waals surface area contributed by atoms with Crippen molar-refractivity contribution in [3.05, 3.63) is 32.1 Å². The Bertz CT molecular complexity index is 1030. The van der Waals surface area contributed by atoms with Gasteiger partial charge in [0.1, 0.15) is 12.3 Å². The van der Waals surface area contributed by atoms with Crippen LogP contribution < -0.4 is 0 Å². The molecule has 3 heterocycles. The van der Waals surface area contributed by atoms with Crippen molar-refractivity contribution in [1.82, 2.24) is 9.88 Å². The van der Waals surface area contributed by atoms with Gasteiger partial charge in [-0.05, 0) is 36.5 Å². The van der Waals surface area contributed by atoms with E-state index in [1.54, 1.807) is 5.51 Å². The molecule has 0 spiro atoms. The summed E-state index contributed by atoms with van der Waals surface area (Å²) < 4.78 is 11.6. The van der Waals surface area contributed by atoms with E-state index < -0.39 is 14.3 Å². The lowest BCUT2D eigenvalue weighted by Crippen LogP contribution is -2.65. The molecule has 11 heteroatoms. The molecule has 8 nitrogen and oxygen atoms in total. The second-order valence-corrected chi connectivity index (χ2v) is 15.5. The first-order valence-corrected chi connectivity index (χ1v) is 16.3.